The quantitative estimate of drug-likeness (QED) is 0.669. The van der Waals surface area contributed by atoms with Crippen LogP contribution in [0.25, 0.3) is 0 Å². The topological polar surface area (TPSA) is 73.6 Å². The molecule has 0 atom stereocenters. The number of ether oxygens (including phenoxy) is 2. The minimum atomic E-state index is -0.373. The molecule has 1 N–H and O–H groups in total. The first-order valence-corrected chi connectivity index (χ1v) is 6.25. The lowest BCUT2D eigenvalue weighted by molar-refractivity contribution is 0.0523. The van der Waals surface area contributed by atoms with Gasteiger partial charge >= 0.3 is 5.97 Å². The van der Waals surface area contributed by atoms with Gasteiger partial charge in [0.2, 0.25) is 5.88 Å². The Morgan fingerprint density at radius 1 is 1.40 bits per heavy atom. The summed E-state index contributed by atoms with van der Waals surface area (Å²) in [4.78, 5) is 12.6. The molecule has 0 saturated heterocycles. The zero-order valence-corrected chi connectivity index (χ0v) is 11.4. The fourth-order valence-corrected chi connectivity index (χ4v) is 1.82. The lowest BCUT2D eigenvalue weighted by Gasteiger charge is -2.11. The van der Waals surface area contributed by atoms with Crippen molar-refractivity contribution in [3.05, 3.63) is 47.2 Å². The molecule has 1 aromatic heterocycles. The number of aromatic nitrogens is 2. The number of benzene rings is 1. The molecule has 0 spiro atoms. The number of aryl methyl sites for hydroxylation is 1. The Labute approximate surface area is 116 Å². The van der Waals surface area contributed by atoms with Crippen molar-refractivity contribution >= 4 is 5.97 Å². The lowest BCUT2D eigenvalue weighted by Crippen LogP contribution is -2.11. The molecule has 0 bridgehead atoms. The van der Waals surface area contributed by atoms with E-state index in [4.69, 9.17) is 14.7 Å². The maximum Gasteiger partial charge on any atom is 0.338 e. The van der Waals surface area contributed by atoms with Crippen molar-refractivity contribution in [3.63, 3.8) is 0 Å². The van der Waals surface area contributed by atoms with Crippen LogP contribution in [-0.4, -0.2) is 27.7 Å². The molecular weight excluding hydrogens is 260 g/mol. The van der Waals surface area contributed by atoms with E-state index in [1.165, 1.54) is 12.3 Å². The summed E-state index contributed by atoms with van der Waals surface area (Å²) >= 11 is 0. The number of hydrogen-bond acceptors (Lipinski definition) is 5. The van der Waals surface area contributed by atoms with E-state index in [1.54, 1.807) is 19.1 Å². The number of nitrogens with zero attached hydrogens (tertiary/aromatic N) is 2. The molecule has 0 aliphatic heterocycles. The smallest absolute Gasteiger partial charge is 0.338 e. The molecule has 0 radical (unpaired) electrons. The molecule has 1 heterocycles. The van der Waals surface area contributed by atoms with Crippen molar-refractivity contribution < 1.29 is 19.5 Å². The van der Waals surface area contributed by atoms with Crippen molar-refractivity contribution in [2.24, 2.45) is 0 Å². The van der Waals surface area contributed by atoms with Gasteiger partial charge in [0.25, 0.3) is 0 Å². The van der Waals surface area contributed by atoms with Gasteiger partial charge in [0.05, 0.1) is 18.4 Å². The van der Waals surface area contributed by atoms with E-state index >= 15 is 0 Å². The lowest BCUT2D eigenvalue weighted by atomic mass is 10.0. The van der Waals surface area contributed by atoms with E-state index < -0.39 is 0 Å². The van der Waals surface area contributed by atoms with Crippen molar-refractivity contribution in [1.82, 2.24) is 9.94 Å². The predicted molar refractivity (Wildman–Crippen MR) is 70.9 cm³/mol. The van der Waals surface area contributed by atoms with Gasteiger partial charge in [-0.05, 0) is 25.5 Å². The Hall–Kier alpha value is -2.50. The largest absolute Gasteiger partial charge is 0.472 e. The van der Waals surface area contributed by atoms with Gasteiger partial charge in [0.15, 0.2) is 0 Å². The van der Waals surface area contributed by atoms with Crippen molar-refractivity contribution in [2.45, 2.75) is 20.5 Å². The van der Waals surface area contributed by atoms with Gasteiger partial charge in [0.1, 0.15) is 6.61 Å². The molecule has 6 nitrogen and oxygen atoms in total. The summed E-state index contributed by atoms with van der Waals surface area (Å²) in [6.45, 7) is 4.16. The summed E-state index contributed by atoms with van der Waals surface area (Å²) in [5.41, 5.74) is 2.16. The Bertz CT molecular complexity index is 607. The van der Waals surface area contributed by atoms with E-state index in [1.807, 2.05) is 13.0 Å². The van der Waals surface area contributed by atoms with Gasteiger partial charge < -0.3 is 14.7 Å². The third kappa shape index (κ3) is 3.09. The highest BCUT2D eigenvalue weighted by Gasteiger charge is 2.15. The summed E-state index contributed by atoms with van der Waals surface area (Å²) in [6, 6.07) is 6.93. The van der Waals surface area contributed by atoms with Crippen LogP contribution >= 0.6 is 0 Å². The van der Waals surface area contributed by atoms with Crippen LogP contribution in [0.4, 0.5) is 0 Å². The third-order valence-electron chi connectivity index (χ3n) is 2.82. The van der Waals surface area contributed by atoms with Gasteiger partial charge in [-0.1, -0.05) is 17.2 Å². The molecule has 2 aromatic rings. The van der Waals surface area contributed by atoms with Crippen LogP contribution < -0.4 is 4.74 Å². The molecule has 6 heteroatoms. The summed E-state index contributed by atoms with van der Waals surface area (Å²) < 4.78 is 10.5. The maximum absolute atomic E-state index is 11.9. The molecule has 2 rings (SSSR count). The SMILES string of the molecule is CCOC(=O)c1cccc(C)c1COc1ccn(O)n1. The molecule has 0 fully saturated rings. The summed E-state index contributed by atoms with van der Waals surface area (Å²) in [5.74, 6) is -0.0898. The predicted octanol–water partition coefficient (Wildman–Crippen LogP) is 2.18. The maximum atomic E-state index is 11.9. The van der Waals surface area contributed by atoms with Crippen LogP contribution in [0.2, 0.25) is 0 Å². The van der Waals surface area contributed by atoms with Gasteiger partial charge in [0, 0.05) is 11.6 Å². The average molecular weight is 276 g/mol. The first kappa shape index (κ1) is 13.9. The second-order valence-electron chi connectivity index (χ2n) is 4.18. The van der Waals surface area contributed by atoms with Gasteiger partial charge in [-0.15, -0.1) is 4.85 Å². The van der Waals surface area contributed by atoms with Crippen LogP contribution in [0, 0.1) is 6.92 Å². The number of esters is 1. The van der Waals surface area contributed by atoms with Gasteiger partial charge in [-0.2, -0.15) is 0 Å². The van der Waals surface area contributed by atoms with Crippen molar-refractivity contribution in [1.29, 1.82) is 0 Å². The first-order chi connectivity index (χ1) is 9.61. The molecule has 20 heavy (non-hydrogen) atoms. The Morgan fingerprint density at radius 2 is 2.20 bits per heavy atom. The monoisotopic (exact) mass is 276 g/mol. The molecule has 0 unspecified atom stereocenters. The first-order valence-electron chi connectivity index (χ1n) is 6.25. The zero-order valence-electron chi connectivity index (χ0n) is 11.4. The molecule has 0 aliphatic carbocycles. The second-order valence-corrected chi connectivity index (χ2v) is 4.18. The number of carbonyl (C=O) groups excluding carboxylic acids is 1. The van der Waals surface area contributed by atoms with Crippen LogP contribution in [0.1, 0.15) is 28.4 Å². The Morgan fingerprint density at radius 3 is 2.85 bits per heavy atom. The van der Waals surface area contributed by atoms with Crippen molar-refractivity contribution in [3.8, 4) is 5.88 Å². The van der Waals surface area contributed by atoms with Crippen LogP contribution in [0.15, 0.2) is 30.5 Å². The summed E-state index contributed by atoms with van der Waals surface area (Å²) in [6.07, 6.45) is 1.36. The Kier molecular flexibility index (Phi) is 4.24. The second kappa shape index (κ2) is 6.10. The fraction of sp³-hybridized carbons (Fsp3) is 0.286. The van der Waals surface area contributed by atoms with Crippen LogP contribution in [0.3, 0.4) is 0 Å². The summed E-state index contributed by atoms with van der Waals surface area (Å²) in [5, 5.41) is 12.8. The normalized spacial score (nSPS) is 10.3. The molecule has 0 saturated carbocycles. The minimum absolute atomic E-state index is 0.178. The Balaban J connectivity index is 2.19. The molecule has 1 aromatic carbocycles. The third-order valence-corrected chi connectivity index (χ3v) is 2.82. The highest BCUT2D eigenvalue weighted by atomic mass is 16.5. The highest BCUT2D eigenvalue weighted by molar-refractivity contribution is 5.91. The van der Waals surface area contributed by atoms with E-state index in [2.05, 4.69) is 5.10 Å². The molecule has 0 amide bonds. The number of carbonyl (C=O) groups is 1. The summed E-state index contributed by atoms with van der Waals surface area (Å²) in [7, 11) is 0. The van der Waals surface area contributed by atoms with E-state index in [9.17, 15) is 4.79 Å². The van der Waals surface area contributed by atoms with Crippen LogP contribution in [-0.2, 0) is 11.3 Å². The van der Waals surface area contributed by atoms with Crippen molar-refractivity contribution in [2.75, 3.05) is 6.61 Å². The molecular formula is C14H16N2O4. The standard InChI is InChI=1S/C14H16N2O4/c1-3-19-14(17)11-6-4-5-10(2)12(11)9-20-13-7-8-16(18)15-13/h4-8,18H,3,9H2,1-2H3. The van der Waals surface area contributed by atoms with Gasteiger partial charge in [-0.25, -0.2) is 4.79 Å². The average Bonchev–Trinajstić information content (AvgIpc) is 2.83. The van der Waals surface area contributed by atoms with E-state index in [0.29, 0.717) is 17.0 Å². The highest BCUT2D eigenvalue weighted by Crippen LogP contribution is 2.18. The fourth-order valence-electron chi connectivity index (χ4n) is 1.82. The number of rotatable bonds is 5. The minimum Gasteiger partial charge on any atom is -0.472 e. The van der Waals surface area contributed by atoms with Gasteiger partial charge in [-0.3, -0.25) is 0 Å². The van der Waals surface area contributed by atoms with E-state index in [-0.39, 0.29) is 18.5 Å². The molecule has 0 aliphatic rings. The van der Waals surface area contributed by atoms with Crippen LogP contribution in [0.5, 0.6) is 5.88 Å². The number of hydrogen-bond donors (Lipinski definition) is 1. The molecule has 106 valence electrons. The van der Waals surface area contributed by atoms with E-state index in [0.717, 1.165) is 11.1 Å². The zero-order chi connectivity index (χ0) is 14.5.